The van der Waals surface area contributed by atoms with Crippen molar-refractivity contribution < 1.29 is 4.79 Å². The molecule has 156 valence electrons. The molecule has 0 fully saturated rings. The Hall–Kier alpha value is -2.40. The molecule has 1 amide bonds. The SMILES string of the molecule is O=C(CNc1ccc(I)cc1)N/N=C\c1cn(Cc2ccc(I)cc2)c2ccccc12. The number of hydrogen-bond donors (Lipinski definition) is 2. The van der Waals surface area contributed by atoms with Crippen molar-refractivity contribution in [2.75, 3.05) is 11.9 Å². The van der Waals surface area contributed by atoms with Crippen molar-refractivity contribution in [3.63, 3.8) is 0 Å². The van der Waals surface area contributed by atoms with Gasteiger partial charge in [-0.3, -0.25) is 4.79 Å². The van der Waals surface area contributed by atoms with Gasteiger partial charge >= 0.3 is 0 Å². The van der Waals surface area contributed by atoms with Gasteiger partial charge in [0.25, 0.3) is 5.91 Å². The topological polar surface area (TPSA) is 58.4 Å². The number of nitrogens with zero attached hydrogens (tertiary/aromatic N) is 2. The van der Waals surface area contributed by atoms with Crippen molar-refractivity contribution in [1.29, 1.82) is 0 Å². The van der Waals surface area contributed by atoms with E-state index in [-0.39, 0.29) is 12.5 Å². The van der Waals surface area contributed by atoms with Crippen LogP contribution in [0.2, 0.25) is 0 Å². The lowest BCUT2D eigenvalue weighted by molar-refractivity contribution is -0.119. The van der Waals surface area contributed by atoms with Crippen molar-refractivity contribution in [3.8, 4) is 0 Å². The highest BCUT2D eigenvalue weighted by molar-refractivity contribution is 14.1. The van der Waals surface area contributed by atoms with Crippen LogP contribution < -0.4 is 10.7 Å². The van der Waals surface area contributed by atoms with Gasteiger partial charge in [0.15, 0.2) is 0 Å². The van der Waals surface area contributed by atoms with E-state index in [1.807, 2.05) is 36.4 Å². The molecule has 0 aliphatic carbocycles. The lowest BCUT2D eigenvalue weighted by atomic mass is 10.2. The highest BCUT2D eigenvalue weighted by atomic mass is 127. The summed E-state index contributed by atoms with van der Waals surface area (Å²) < 4.78 is 4.58. The average molecular weight is 634 g/mol. The molecule has 0 atom stereocenters. The van der Waals surface area contributed by atoms with Gasteiger partial charge < -0.3 is 9.88 Å². The van der Waals surface area contributed by atoms with Gasteiger partial charge in [0.1, 0.15) is 0 Å². The van der Waals surface area contributed by atoms with Crippen molar-refractivity contribution in [2.45, 2.75) is 6.54 Å². The number of hydrogen-bond acceptors (Lipinski definition) is 3. The molecule has 0 saturated heterocycles. The maximum absolute atomic E-state index is 12.1. The van der Waals surface area contributed by atoms with Gasteiger partial charge in [0.2, 0.25) is 0 Å². The number of anilines is 1. The number of hydrazone groups is 1. The first-order valence-corrected chi connectivity index (χ1v) is 11.9. The Morgan fingerprint density at radius 2 is 1.61 bits per heavy atom. The van der Waals surface area contributed by atoms with Gasteiger partial charge in [-0.15, -0.1) is 0 Å². The molecule has 2 N–H and O–H groups in total. The summed E-state index contributed by atoms with van der Waals surface area (Å²) >= 11 is 4.56. The first-order valence-electron chi connectivity index (χ1n) is 9.72. The van der Waals surface area contributed by atoms with E-state index in [1.165, 1.54) is 9.13 Å². The molecule has 31 heavy (non-hydrogen) atoms. The second-order valence-electron chi connectivity index (χ2n) is 7.01. The molecule has 4 rings (SSSR count). The molecular weight excluding hydrogens is 614 g/mol. The quantitative estimate of drug-likeness (QED) is 0.161. The largest absolute Gasteiger partial charge is 0.376 e. The zero-order chi connectivity index (χ0) is 21.6. The van der Waals surface area contributed by atoms with Gasteiger partial charge in [0.05, 0.1) is 12.8 Å². The van der Waals surface area contributed by atoms with Crippen LogP contribution in [0.4, 0.5) is 5.69 Å². The van der Waals surface area contributed by atoms with Crippen molar-refractivity contribution in [2.24, 2.45) is 5.10 Å². The molecule has 4 aromatic rings. The van der Waals surface area contributed by atoms with Gasteiger partial charge in [-0.05, 0) is 93.2 Å². The first kappa shape index (κ1) is 21.8. The summed E-state index contributed by atoms with van der Waals surface area (Å²) in [7, 11) is 0. The van der Waals surface area contributed by atoms with Gasteiger partial charge in [-0.1, -0.05) is 30.3 Å². The van der Waals surface area contributed by atoms with Crippen molar-refractivity contribution >= 4 is 73.9 Å². The van der Waals surface area contributed by atoms with Crippen LogP contribution in [-0.2, 0) is 11.3 Å². The van der Waals surface area contributed by atoms with Crippen LogP contribution >= 0.6 is 45.2 Å². The molecule has 1 heterocycles. The van der Waals surface area contributed by atoms with E-state index in [2.05, 4.69) is 108 Å². The van der Waals surface area contributed by atoms with Crippen LogP contribution in [0, 0.1) is 7.14 Å². The maximum Gasteiger partial charge on any atom is 0.259 e. The molecule has 5 nitrogen and oxygen atoms in total. The summed E-state index contributed by atoms with van der Waals surface area (Å²) in [5.74, 6) is -0.197. The number of para-hydroxylation sites is 1. The molecule has 0 aliphatic rings. The Morgan fingerprint density at radius 1 is 0.935 bits per heavy atom. The Morgan fingerprint density at radius 3 is 2.35 bits per heavy atom. The Kier molecular flexibility index (Phi) is 7.23. The minimum absolute atomic E-state index is 0.159. The van der Waals surface area contributed by atoms with Gasteiger partial charge in [0, 0.05) is 42.0 Å². The fraction of sp³-hybridized carbons (Fsp3) is 0.0833. The number of nitrogens with one attached hydrogen (secondary N) is 2. The minimum atomic E-state index is -0.197. The summed E-state index contributed by atoms with van der Waals surface area (Å²) in [5, 5.41) is 8.36. The number of rotatable bonds is 7. The normalized spacial score (nSPS) is 11.2. The van der Waals surface area contributed by atoms with E-state index in [0.717, 1.165) is 32.3 Å². The first-order chi connectivity index (χ1) is 15.1. The van der Waals surface area contributed by atoms with Crippen LogP contribution in [-0.4, -0.2) is 23.2 Å². The minimum Gasteiger partial charge on any atom is -0.376 e. The second kappa shape index (κ2) is 10.3. The fourth-order valence-electron chi connectivity index (χ4n) is 3.26. The molecule has 0 saturated carbocycles. The van der Waals surface area contributed by atoms with Crippen LogP contribution in [0.15, 0.2) is 84.1 Å². The van der Waals surface area contributed by atoms with E-state index < -0.39 is 0 Å². The van der Waals surface area contributed by atoms with E-state index in [0.29, 0.717) is 0 Å². The second-order valence-corrected chi connectivity index (χ2v) is 9.50. The Bertz CT molecular complexity index is 1210. The lowest BCUT2D eigenvalue weighted by Crippen LogP contribution is -2.25. The van der Waals surface area contributed by atoms with E-state index in [9.17, 15) is 4.79 Å². The molecule has 0 aliphatic heterocycles. The summed E-state index contributed by atoms with van der Waals surface area (Å²) in [6.45, 7) is 0.935. The monoisotopic (exact) mass is 634 g/mol. The molecule has 1 aromatic heterocycles. The van der Waals surface area contributed by atoms with Crippen LogP contribution in [0.3, 0.4) is 0 Å². The molecular formula is C24H20I2N4O. The van der Waals surface area contributed by atoms with E-state index >= 15 is 0 Å². The van der Waals surface area contributed by atoms with Gasteiger partial charge in [-0.25, -0.2) is 5.43 Å². The van der Waals surface area contributed by atoms with E-state index in [1.54, 1.807) is 6.21 Å². The molecule has 0 bridgehead atoms. The molecule has 3 aromatic carbocycles. The Labute approximate surface area is 208 Å². The Balaban J connectivity index is 1.42. The molecule has 0 radical (unpaired) electrons. The highest BCUT2D eigenvalue weighted by Crippen LogP contribution is 2.21. The molecule has 7 heteroatoms. The number of halogens is 2. The zero-order valence-electron chi connectivity index (χ0n) is 16.6. The summed E-state index contributed by atoms with van der Waals surface area (Å²) in [6, 6.07) is 24.6. The number of carbonyl (C=O) groups excluding carboxylic acids is 1. The average Bonchev–Trinajstić information content (AvgIpc) is 3.12. The predicted molar refractivity (Wildman–Crippen MR) is 144 cm³/mol. The number of benzene rings is 3. The molecule has 0 unspecified atom stereocenters. The predicted octanol–water partition coefficient (Wildman–Crippen LogP) is 5.46. The number of fused-ring (bicyclic) bond motifs is 1. The van der Waals surface area contributed by atoms with Gasteiger partial charge in [-0.2, -0.15) is 5.10 Å². The van der Waals surface area contributed by atoms with Crippen molar-refractivity contribution in [3.05, 3.63) is 97.3 Å². The van der Waals surface area contributed by atoms with Crippen LogP contribution in [0.5, 0.6) is 0 Å². The smallest absolute Gasteiger partial charge is 0.259 e. The lowest BCUT2D eigenvalue weighted by Gasteiger charge is -2.05. The van der Waals surface area contributed by atoms with E-state index in [4.69, 9.17) is 0 Å². The van der Waals surface area contributed by atoms with Crippen molar-refractivity contribution in [1.82, 2.24) is 9.99 Å². The standard InChI is InChI=1S/C24H20I2N4O/c25-19-7-5-17(6-8-19)15-30-16-18(22-3-1-2-4-23(22)30)13-28-29-24(31)14-27-21-11-9-20(26)10-12-21/h1-13,16,27H,14-15H2,(H,29,31)/b28-13-. The third kappa shape index (κ3) is 5.85. The number of amides is 1. The van der Waals surface area contributed by atoms with Crippen LogP contribution in [0.25, 0.3) is 10.9 Å². The number of aromatic nitrogens is 1. The zero-order valence-corrected chi connectivity index (χ0v) is 20.9. The molecule has 0 spiro atoms. The fourth-order valence-corrected chi connectivity index (χ4v) is 3.98. The third-order valence-corrected chi connectivity index (χ3v) is 6.21. The van der Waals surface area contributed by atoms with Crippen LogP contribution in [0.1, 0.15) is 11.1 Å². The highest BCUT2D eigenvalue weighted by Gasteiger charge is 2.07. The summed E-state index contributed by atoms with van der Waals surface area (Å²) in [4.78, 5) is 12.1. The maximum atomic E-state index is 12.1. The third-order valence-electron chi connectivity index (χ3n) is 4.78. The summed E-state index contributed by atoms with van der Waals surface area (Å²) in [6.07, 6.45) is 3.78. The number of carbonyl (C=O) groups is 1. The summed E-state index contributed by atoms with van der Waals surface area (Å²) in [5.41, 5.74) is 6.83.